The van der Waals surface area contributed by atoms with Crippen molar-refractivity contribution in [3.8, 4) is 0 Å². The van der Waals surface area contributed by atoms with Crippen LogP contribution in [0.2, 0.25) is 0 Å². The zero-order chi connectivity index (χ0) is 18.6. The molecule has 0 saturated carbocycles. The average Bonchev–Trinajstić information content (AvgIpc) is 3.11. The summed E-state index contributed by atoms with van der Waals surface area (Å²) in [5.41, 5.74) is 1.20. The number of aryl methyl sites for hydroxylation is 1. The number of carbonyl (C=O) groups is 1. The molecule has 0 aliphatic carbocycles. The summed E-state index contributed by atoms with van der Waals surface area (Å²) in [6, 6.07) is 4.85. The molecule has 2 rings (SSSR count). The number of hydrogen-bond acceptors (Lipinski definition) is 4. The third kappa shape index (κ3) is 4.40. The lowest BCUT2D eigenvalue weighted by molar-refractivity contribution is -0.120. The van der Waals surface area contributed by atoms with Crippen LogP contribution in [-0.4, -0.2) is 55.8 Å². The molecular formula is C18H29N3O3S. The van der Waals surface area contributed by atoms with Crippen molar-refractivity contribution in [1.29, 1.82) is 0 Å². The molecule has 1 atom stereocenters. The molecule has 1 aliphatic heterocycles. The molecule has 0 bridgehead atoms. The molecule has 1 saturated heterocycles. The van der Waals surface area contributed by atoms with Crippen LogP contribution < -0.4 is 5.32 Å². The molecule has 1 amide bonds. The van der Waals surface area contributed by atoms with Crippen LogP contribution in [0.15, 0.2) is 23.1 Å². The predicted molar refractivity (Wildman–Crippen MR) is 100 cm³/mol. The van der Waals surface area contributed by atoms with E-state index in [-0.39, 0.29) is 16.8 Å². The first-order chi connectivity index (χ1) is 11.8. The van der Waals surface area contributed by atoms with E-state index in [1.54, 1.807) is 25.1 Å². The van der Waals surface area contributed by atoms with Gasteiger partial charge in [-0.25, -0.2) is 8.42 Å². The number of rotatable bonds is 7. The van der Waals surface area contributed by atoms with Gasteiger partial charge in [0.25, 0.3) is 0 Å². The summed E-state index contributed by atoms with van der Waals surface area (Å²) in [5, 5.41) is 2.87. The van der Waals surface area contributed by atoms with E-state index in [2.05, 4.69) is 10.2 Å². The molecule has 6 nitrogen and oxygen atoms in total. The Morgan fingerprint density at radius 1 is 1.24 bits per heavy atom. The SMILES string of the molecule is CCN(CC)S(=O)(=O)c1cc(NC(=O)[C@H](C)N2CCCC2)ccc1C. The van der Waals surface area contributed by atoms with Gasteiger partial charge in [0, 0.05) is 18.8 Å². The fourth-order valence-electron chi connectivity index (χ4n) is 3.20. The molecule has 1 heterocycles. The van der Waals surface area contributed by atoms with Crippen LogP contribution in [0.4, 0.5) is 5.69 Å². The maximum Gasteiger partial charge on any atom is 0.243 e. The lowest BCUT2D eigenvalue weighted by Gasteiger charge is -2.23. The number of carbonyl (C=O) groups excluding carboxylic acids is 1. The van der Waals surface area contributed by atoms with E-state index in [9.17, 15) is 13.2 Å². The Morgan fingerprint density at radius 2 is 1.84 bits per heavy atom. The molecule has 0 unspecified atom stereocenters. The molecule has 0 radical (unpaired) electrons. The third-order valence-corrected chi connectivity index (χ3v) is 7.04. The van der Waals surface area contributed by atoms with Crippen molar-refractivity contribution in [1.82, 2.24) is 9.21 Å². The summed E-state index contributed by atoms with van der Waals surface area (Å²) in [7, 11) is -3.55. The van der Waals surface area contributed by atoms with Gasteiger partial charge in [0.05, 0.1) is 10.9 Å². The molecule has 1 fully saturated rings. The van der Waals surface area contributed by atoms with Crippen LogP contribution in [0.3, 0.4) is 0 Å². The number of nitrogens with zero attached hydrogens (tertiary/aromatic N) is 2. The van der Waals surface area contributed by atoms with Gasteiger partial charge in [0.2, 0.25) is 15.9 Å². The Kier molecular flexibility index (Phi) is 6.59. The number of benzene rings is 1. The van der Waals surface area contributed by atoms with Crippen LogP contribution >= 0.6 is 0 Å². The molecule has 7 heteroatoms. The third-order valence-electron chi connectivity index (χ3n) is 4.85. The van der Waals surface area contributed by atoms with Gasteiger partial charge < -0.3 is 5.32 Å². The van der Waals surface area contributed by atoms with Gasteiger partial charge in [0.1, 0.15) is 0 Å². The first-order valence-corrected chi connectivity index (χ1v) is 10.4. The highest BCUT2D eigenvalue weighted by Crippen LogP contribution is 2.24. The standard InChI is InChI=1S/C18H29N3O3S/c1-5-21(6-2)25(23,24)17-13-16(10-9-14(17)3)19-18(22)15(4)20-11-7-8-12-20/h9-10,13,15H,5-8,11-12H2,1-4H3,(H,19,22)/t15-/m0/s1. The van der Waals surface area contributed by atoms with E-state index < -0.39 is 10.0 Å². The normalized spacial score (nSPS) is 17.0. The molecule has 1 aliphatic rings. The fraction of sp³-hybridized carbons (Fsp3) is 0.611. The molecular weight excluding hydrogens is 338 g/mol. The largest absolute Gasteiger partial charge is 0.325 e. The van der Waals surface area contributed by atoms with E-state index in [0.717, 1.165) is 25.9 Å². The summed E-state index contributed by atoms with van der Waals surface area (Å²) in [6.45, 7) is 10.0. The second-order valence-electron chi connectivity index (χ2n) is 6.48. The highest BCUT2D eigenvalue weighted by Gasteiger charge is 2.26. The van der Waals surface area contributed by atoms with Gasteiger partial charge in [0.15, 0.2) is 0 Å². The van der Waals surface area contributed by atoms with Crippen molar-refractivity contribution in [2.45, 2.75) is 51.5 Å². The lowest BCUT2D eigenvalue weighted by atomic mass is 10.2. The Hall–Kier alpha value is -1.44. The van der Waals surface area contributed by atoms with Crippen molar-refractivity contribution in [3.63, 3.8) is 0 Å². The first kappa shape index (κ1) is 19.9. The maximum absolute atomic E-state index is 12.8. The van der Waals surface area contributed by atoms with Gasteiger partial charge in [-0.05, 0) is 57.5 Å². The van der Waals surface area contributed by atoms with E-state index in [4.69, 9.17) is 0 Å². The molecule has 1 aromatic rings. The van der Waals surface area contributed by atoms with E-state index in [1.165, 1.54) is 4.31 Å². The minimum absolute atomic E-state index is 0.100. The summed E-state index contributed by atoms with van der Waals surface area (Å²) < 4.78 is 27.0. The average molecular weight is 368 g/mol. The number of hydrogen-bond donors (Lipinski definition) is 1. The molecule has 0 aromatic heterocycles. The van der Waals surface area contributed by atoms with Crippen molar-refractivity contribution < 1.29 is 13.2 Å². The zero-order valence-corrected chi connectivity index (χ0v) is 16.4. The number of amides is 1. The summed E-state index contributed by atoms with van der Waals surface area (Å²) >= 11 is 0. The van der Waals surface area contributed by atoms with Gasteiger partial charge in [-0.3, -0.25) is 9.69 Å². The van der Waals surface area contributed by atoms with E-state index in [0.29, 0.717) is 24.3 Å². The summed E-state index contributed by atoms with van der Waals surface area (Å²) in [6.07, 6.45) is 2.24. The second-order valence-corrected chi connectivity index (χ2v) is 8.38. The molecule has 25 heavy (non-hydrogen) atoms. The summed E-state index contributed by atoms with van der Waals surface area (Å²) in [5.74, 6) is -0.100. The first-order valence-electron chi connectivity index (χ1n) is 8.97. The topological polar surface area (TPSA) is 69.7 Å². The Morgan fingerprint density at radius 3 is 2.40 bits per heavy atom. The van der Waals surface area contributed by atoms with Crippen LogP contribution in [0.5, 0.6) is 0 Å². The van der Waals surface area contributed by atoms with Gasteiger partial charge >= 0.3 is 0 Å². The Balaban J connectivity index is 2.22. The zero-order valence-electron chi connectivity index (χ0n) is 15.6. The van der Waals surface area contributed by atoms with Crippen molar-refractivity contribution in [3.05, 3.63) is 23.8 Å². The number of sulfonamides is 1. The number of nitrogens with one attached hydrogen (secondary N) is 1. The smallest absolute Gasteiger partial charge is 0.243 e. The highest BCUT2D eigenvalue weighted by atomic mass is 32.2. The second kappa shape index (κ2) is 8.29. The van der Waals surface area contributed by atoms with Gasteiger partial charge in [-0.15, -0.1) is 0 Å². The Bertz CT molecular complexity index is 708. The predicted octanol–water partition coefficient (Wildman–Crippen LogP) is 2.45. The Labute approximate surface area is 151 Å². The van der Waals surface area contributed by atoms with Crippen LogP contribution in [0, 0.1) is 6.92 Å². The monoisotopic (exact) mass is 367 g/mol. The lowest BCUT2D eigenvalue weighted by Crippen LogP contribution is -2.40. The van der Waals surface area contributed by atoms with Crippen molar-refractivity contribution >= 4 is 21.6 Å². The van der Waals surface area contributed by atoms with Crippen LogP contribution in [-0.2, 0) is 14.8 Å². The van der Waals surface area contributed by atoms with Crippen LogP contribution in [0.1, 0.15) is 39.2 Å². The quantitative estimate of drug-likeness (QED) is 0.804. The maximum atomic E-state index is 12.8. The van der Waals surface area contributed by atoms with E-state index in [1.807, 2.05) is 20.8 Å². The number of likely N-dealkylation sites (tertiary alicyclic amines) is 1. The van der Waals surface area contributed by atoms with Gasteiger partial charge in [-0.2, -0.15) is 4.31 Å². The van der Waals surface area contributed by atoms with Gasteiger partial charge in [-0.1, -0.05) is 19.9 Å². The van der Waals surface area contributed by atoms with Crippen molar-refractivity contribution in [2.75, 3.05) is 31.5 Å². The van der Waals surface area contributed by atoms with Crippen molar-refractivity contribution in [2.24, 2.45) is 0 Å². The highest BCUT2D eigenvalue weighted by molar-refractivity contribution is 7.89. The molecule has 0 spiro atoms. The van der Waals surface area contributed by atoms with E-state index >= 15 is 0 Å². The minimum Gasteiger partial charge on any atom is -0.325 e. The fourth-order valence-corrected chi connectivity index (χ4v) is 4.91. The molecule has 140 valence electrons. The molecule has 1 aromatic carbocycles. The molecule has 1 N–H and O–H groups in total. The summed E-state index contributed by atoms with van der Waals surface area (Å²) in [4.78, 5) is 14.9. The van der Waals surface area contributed by atoms with Crippen LogP contribution in [0.25, 0.3) is 0 Å². The number of anilines is 1. The minimum atomic E-state index is -3.55.